The number of allylic oxidation sites excluding steroid dienone is 4. The zero-order chi connectivity index (χ0) is 41.4. The van der Waals surface area contributed by atoms with Gasteiger partial charge >= 0.3 is 0 Å². The predicted molar refractivity (Wildman–Crippen MR) is 261 cm³/mol. The van der Waals surface area contributed by atoms with E-state index in [9.17, 15) is 0 Å². The molecule has 0 bridgehead atoms. The number of fused-ring (bicyclic) bond motifs is 6. The van der Waals surface area contributed by atoms with Crippen LogP contribution in [0.3, 0.4) is 0 Å². The summed E-state index contributed by atoms with van der Waals surface area (Å²) in [5.74, 6) is 1.000. The van der Waals surface area contributed by atoms with Crippen molar-refractivity contribution in [1.82, 2.24) is 9.55 Å². The molecule has 2 heteroatoms. The maximum atomic E-state index is 5.34. The topological polar surface area (TPSA) is 17.8 Å². The van der Waals surface area contributed by atoms with Crippen LogP contribution in [0.15, 0.2) is 212 Å². The number of rotatable bonds is 6. The van der Waals surface area contributed by atoms with Crippen LogP contribution in [0.25, 0.3) is 99.6 Å². The zero-order valence-corrected chi connectivity index (χ0v) is 34.9. The molecule has 1 aromatic heterocycles. The Balaban J connectivity index is 1.07. The molecule has 0 amide bonds. The summed E-state index contributed by atoms with van der Waals surface area (Å²) in [7, 11) is 0. The Morgan fingerprint density at radius 1 is 0.452 bits per heavy atom. The summed E-state index contributed by atoms with van der Waals surface area (Å²) in [5.41, 5.74) is 18.4. The highest BCUT2D eigenvalue weighted by Crippen LogP contribution is 2.51. The second kappa shape index (κ2) is 14.3. The Labute approximate surface area is 362 Å². The number of hydrogen-bond acceptors (Lipinski definition) is 1. The molecular weight excluding hydrogens is 749 g/mol. The molecule has 0 spiro atoms. The van der Waals surface area contributed by atoms with E-state index >= 15 is 0 Å². The molecule has 2 aliphatic carbocycles. The van der Waals surface area contributed by atoms with E-state index in [1.807, 2.05) is 0 Å². The largest absolute Gasteiger partial charge is 0.317 e. The summed E-state index contributed by atoms with van der Waals surface area (Å²) >= 11 is 0. The van der Waals surface area contributed by atoms with Gasteiger partial charge in [-0.05, 0) is 125 Å². The quantitative estimate of drug-likeness (QED) is 0.153. The average molecular weight is 793 g/mol. The molecule has 0 saturated heterocycles. The lowest BCUT2D eigenvalue weighted by Crippen LogP contribution is -2.14. The lowest BCUT2D eigenvalue weighted by Gasteiger charge is -2.22. The van der Waals surface area contributed by atoms with Crippen molar-refractivity contribution in [3.8, 4) is 67.0 Å². The van der Waals surface area contributed by atoms with Gasteiger partial charge in [-0.25, -0.2) is 4.98 Å². The van der Waals surface area contributed by atoms with Crippen LogP contribution in [-0.2, 0) is 5.41 Å². The van der Waals surface area contributed by atoms with E-state index in [2.05, 4.69) is 231 Å². The van der Waals surface area contributed by atoms with Crippen LogP contribution < -0.4 is 0 Å². The fourth-order valence-electron chi connectivity index (χ4n) is 10.5. The first-order valence-corrected chi connectivity index (χ1v) is 21.8. The van der Waals surface area contributed by atoms with E-state index in [1.54, 1.807) is 0 Å². The molecular formula is C60H44N2. The van der Waals surface area contributed by atoms with Crippen molar-refractivity contribution in [2.45, 2.75) is 31.7 Å². The van der Waals surface area contributed by atoms with Crippen molar-refractivity contribution in [3.05, 3.63) is 223 Å². The van der Waals surface area contributed by atoms with Gasteiger partial charge in [0, 0.05) is 11.0 Å². The van der Waals surface area contributed by atoms with E-state index in [0.29, 0.717) is 0 Å². The van der Waals surface area contributed by atoms with Crippen LogP contribution in [0.2, 0.25) is 0 Å². The fourth-order valence-corrected chi connectivity index (χ4v) is 10.5. The van der Waals surface area contributed by atoms with Crippen LogP contribution >= 0.6 is 0 Å². The normalized spacial score (nSPS) is 15.0. The minimum atomic E-state index is -0.0680. The van der Waals surface area contributed by atoms with Gasteiger partial charge in [0.15, 0.2) is 0 Å². The zero-order valence-electron chi connectivity index (χ0n) is 34.9. The molecule has 1 heterocycles. The third-order valence-electron chi connectivity index (χ3n) is 13.5. The Hall–Kier alpha value is -7.55. The van der Waals surface area contributed by atoms with E-state index in [4.69, 9.17) is 4.98 Å². The number of nitrogens with zero attached hydrogens (tertiary/aromatic N) is 2. The number of aromatic nitrogens is 2. The first-order chi connectivity index (χ1) is 30.5. The van der Waals surface area contributed by atoms with Crippen molar-refractivity contribution in [2.75, 3.05) is 0 Å². The summed E-state index contributed by atoms with van der Waals surface area (Å²) in [6.07, 6.45) is 9.78. The lowest BCUT2D eigenvalue weighted by molar-refractivity contribution is 0.631. The molecule has 0 saturated carbocycles. The molecule has 12 rings (SSSR count). The molecule has 294 valence electrons. The number of hydrogen-bond donors (Lipinski definition) is 0. The Morgan fingerprint density at radius 3 is 1.61 bits per heavy atom. The monoisotopic (exact) mass is 792 g/mol. The molecule has 62 heavy (non-hydrogen) atoms. The van der Waals surface area contributed by atoms with Crippen molar-refractivity contribution < 1.29 is 0 Å². The van der Waals surface area contributed by atoms with Crippen LogP contribution in [0.4, 0.5) is 0 Å². The van der Waals surface area contributed by atoms with Gasteiger partial charge in [-0.2, -0.15) is 0 Å². The molecule has 0 radical (unpaired) electrons. The standard InChI is InChI=1S/C60H44N2/c1-60(2)53-26-16-15-25-47(53)48-31-27-44(37-54(48)60)42-28-32-49-51(35-42)57(39-17-7-3-8-18-39)50-33-29-43(36-52(50)58(49)40-19-9-4-10-20-40)45-30-34-56-55(38-45)61-59(41-21-11-5-12-22-41)62(56)46-23-13-6-14-24-46/h3-23,25-38,46H,24H2,1-2H3. The van der Waals surface area contributed by atoms with Gasteiger partial charge in [0.2, 0.25) is 0 Å². The summed E-state index contributed by atoms with van der Waals surface area (Å²) in [4.78, 5) is 5.34. The molecule has 1 atom stereocenters. The molecule has 10 aromatic rings. The summed E-state index contributed by atoms with van der Waals surface area (Å²) in [5, 5.41) is 4.97. The highest BCUT2D eigenvalue weighted by Gasteiger charge is 2.35. The highest BCUT2D eigenvalue weighted by atomic mass is 15.1. The first-order valence-electron chi connectivity index (χ1n) is 21.8. The van der Waals surface area contributed by atoms with Crippen molar-refractivity contribution in [2.24, 2.45) is 0 Å². The summed E-state index contributed by atoms with van der Waals surface area (Å²) in [6.45, 7) is 4.72. The van der Waals surface area contributed by atoms with Crippen LogP contribution in [0.1, 0.15) is 37.4 Å². The van der Waals surface area contributed by atoms with Crippen molar-refractivity contribution in [1.29, 1.82) is 0 Å². The van der Waals surface area contributed by atoms with E-state index in [-0.39, 0.29) is 11.5 Å². The van der Waals surface area contributed by atoms with E-state index in [1.165, 1.54) is 82.7 Å². The maximum Gasteiger partial charge on any atom is 0.141 e. The third-order valence-corrected chi connectivity index (χ3v) is 13.5. The third kappa shape index (κ3) is 5.75. The molecule has 2 aliphatic rings. The van der Waals surface area contributed by atoms with Gasteiger partial charge < -0.3 is 4.57 Å². The predicted octanol–water partition coefficient (Wildman–Crippen LogP) is 16.0. The number of benzene rings is 9. The molecule has 0 aliphatic heterocycles. The molecule has 2 nitrogen and oxygen atoms in total. The minimum absolute atomic E-state index is 0.0680. The maximum absolute atomic E-state index is 5.34. The second-order valence-corrected chi connectivity index (χ2v) is 17.4. The van der Waals surface area contributed by atoms with Gasteiger partial charge in [-0.15, -0.1) is 0 Å². The van der Waals surface area contributed by atoms with Crippen molar-refractivity contribution >= 4 is 32.6 Å². The fraction of sp³-hybridized carbons (Fsp3) is 0.0833. The van der Waals surface area contributed by atoms with Gasteiger partial charge in [0.25, 0.3) is 0 Å². The van der Waals surface area contributed by atoms with Gasteiger partial charge in [0.1, 0.15) is 5.82 Å². The van der Waals surface area contributed by atoms with Gasteiger partial charge in [-0.1, -0.05) is 196 Å². The smallest absolute Gasteiger partial charge is 0.141 e. The molecule has 0 N–H and O–H groups in total. The van der Waals surface area contributed by atoms with E-state index < -0.39 is 0 Å². The lowest BCUT2D eigenvalue weighted by atomic mass is 9.81. The second-order valence-electron chi connectivity index (χ2n) is 17.4. The van der Waals surface area contributed by atoms with Crippen LogP contribution in [0.5, 0.6) is 0 Å². The van der Waals surface area contributed by atoms with E-state index in [0.717, 1.165) is 34.4 Å². The minimum Gasteiger partial charge on any atom is -0.317 e. The van der Waals surface area contributed by atoms with Crippen molar-refractivity contribution in [3.63, 3.8) is 0 Å². The highest BCUT2D eigenvalue weighted by molar-refractivity contribution is 6.22. The Kier molecular flexibility index (Phi) is 8.37. The Bertz CT molecular complexity index is 3440. The number of imidazole rings is 1. The molecule has 1 unspecified atom stereocenters. The average Bonchev–Trinajstić information content (AvgIpc) is 3.83. The van der Waals surface area contributed by atoms with Gasteiger partial charge in [0.05, 0.1) is 17.1 Å². The van der Waals surface area contributed by atoms with Crippen LogP contribution in [-0.4, -0.2) is 9.55 Å². The van der Waals surface area contributed by atoms with Gasteiger partial charge in [-0.3, -0.25) is 0 Å². The SMILES string of the molecule is CC1(C)c2ccccc2-c2ccc(-c3ccc4c(-c5ccccc5)c5cc(-c6ccc7c(c6)nc(-c6ccccc6)n7C6C=CC=CC6)ccc5c(-c5ccccc5)c4c3)cc21. The Morgan fingerprint density at radius 2 is 0.984 bits per heavy atom. The molecule has 0 fully saturated rings. The molecule has 9 aromatic carbocycles. The summed E-state index contributed by atoms with van der Waals surface area (Å²) < 4.78 is 2.41. The summed E-state index contributed by atoms with van der Waals surface area (Å²) in [6, 6.07) is 69.8. The first kappa shape index (κ1) is 36.3. The van der Waals surface area contributed by atoms with Crippen LogP contribution in [0, 0.1) is 0 Å².